The van der Waals surface area contributed by atoms with Crippen molar-refractivity contribution in [1.29, 1.82) is 0 Å². The summed E-state index contributed by atoms with van der Waals surface area (Å²) in [5.74, 6) is -1.85. The Morgan fingerprint density at radius 2 is 2.29 bits per heavy atom. The molecule has 24 heavy (non-hydrogen) atoms. The highest BCUT2D eigenvalue weighted by Gasteiger charge is 2.37. The lowest BCUT2D eigenvalue weighted by molar-refractivity contribution is -0.149. The van der Waals surface area contributed by atoms with Gasteiger partial charge < -0.3 is 19.7 Å². The average Bonchev–Trinajstić information content (AvgIpc) is 3.23. The first-order valence-electron chi connectivity index (χ1n) is 7.78. The molecule has 0 saturated carbocycles. The summed E-state index contributed by atoms with van der Waals surface area (Å²) in [6, 6.07) is -2.26. The normalized spacial score (nSPS) is 19.8. The molecule has 1 amide bonds. The van der Waals surface area contributed by atoms with Crippen molar-refractivity contribution in [3.05, 3.63) is 18.2 Å². The van der Waals surface area contributed by atoms with Gasteiger partial charge in [0.15, 0.2) is 0 Å². The van der Waals surface area contributed by atoms with E-state index in [1.807, 2.05) is 0 Å². The molecule has 9 nitrogen and oxygen atoms in total. The highest BCUT2D eigenvalue weighted by atomic mass is 16.5. The average molecular weight is 338 g/mol. The fraction of sp³-hybridized carbons (Fsp3) is 0.600. The Morgan fingerprint density at radius 3 is 2.88 bits per heavy atom. The van der Waals surface area contributed by atoms with Crippen molar-refractivity contribution in [3.8, 4) is 0 Å². The number of hydrogen-bond donors (Lipinski definition) is 3. The van der Waals surface area contributed by atoms with Crippen LogP contribution in [-0.4, -0.2) is 69.6 Å². The number of hydrogen-bond acceptors (Lipinski definition) is 6. The zero-order valence-electron chi connectivity index (χ0n) is 13.7. The Balaban J connectivity index is 2.03. The first-order chi connectivity index (χ1) is 11.4. The number of rotatable bonds is 7. The zero-order valence-corrected chi connectivity index (χ0v) is 13.7. The number of esters is 1. The largest absolute Gasteiger partial charge is 0.480 e. The van der Waals surface area contributed by atoms with Crippen LogP contribution in [0.25, 0.3) is 0 Å². The number of nitrogens with zero attached hydrogens (tertiary/aromatic N) is 2. The van der Waals surface area contributed by atoms with Gasteiger partial charge in [-0.3, -0.25) is 14.9 Å². The maximum atomic E-state index is 12.5. The first-order valence-corrected chi connectivity index (χ1v) is 7.78. The fourth-order valence-electron chi connectivity index (χ4n) is 2.87. The number of carbonyl (C=O) groups is 3. The van der Waals surface area contributed by atoms with Gasteiger partial charge in [-0.25, -0.2) is 9.78 Å². The zero-order chi connectivity index (χ0) is 17.7. The van der Waals surface area contributed by atoms with E-state index in [-0.39, 0.29) is 12.3 Å². The van der Waals surface area contributed by atoms with Crippen LogP contribution in [-0.2, 0) is 25.5 Å². The minimum Gasteiger partial charge on any atom is -0.480 e. The monoisotopic (exact) mass is 338 g/mol. The summed E-state index contributed by atoms with van der Waals surface area (Å²) in [5.41, 5.74) is 0.655. The molecule has 1 fully saturated rings. The van der Waals surface area contributed by atoms with Crippen LogP contribution in [0.1, 0.15) is 25.5 Å². The second kappa shape index (κ2) is 7.91. The number of aromatic amines is 1. The van der Waals surface area contributed by atoms with Crippen LogP contribution in [0.2, 0.25) is 0 Å². The molecular weight excluding hydrogens is 316 g/mol. The van der Waals surface area contributed by atoms with Gasteiger partial charge in [0.25, 0.3) is 0 Å². The minimum atomic E-state index is -1.01. The molecule has 0 aliphatic carbocycles. The van der Waals surface area contributed by atoms with Gasteiger partial charge in [0.1, 0.15) is 12.1 Å². The summed E-state index contributed by atoms with van der Waals surface area (Å²) in [5, 5.41) is 12.1. The van der Waals surface area contributed by atoms with Crippen molar-refractivity contribution < 1.29 is 24.2 Å². The van der Waals surface area contributed by atoms with E-state index in [1.165, 1.54) is 18.3 Å². The van der Waals surface area contributed by atoms with Gasteiger partial charge in [-0.2, -0.15) is 0 Å². The molecule has 9 heteroatoms. The summed E-state index contributed by atoms with van der Waals surface area (Å²) >= 11 is 0. The molecule has 132 valence electrons. The highest BCUT2D eigenvalue weighted by molar-refractivity contribution is 5.88. The highest BCUT2D eigenvalue weighted by Crippen LogP contribution is 2.18. The first kappa shape index (κ1) is 17.9. The van der Waals surface area contributed by atoms with E-state index in [4.69, 9.17) is 4.74 Å². The van der Waals surface area contributed by atoms with Crippen molar-refractivity contribution in [2.24, 2.45) is 0 Å². The van der Waals surface area contributed by atoms with Gasteiger partial charge in [-0.15, -0.1) is 0 Å². The van der Waals surface area contributed by atoms with Crippen molar-refractivity contribution in [3.63, 3.8) is 0 Å². The number of nitrogens with one attached hydrogen (secondary N) is 2. The van der Waals surface area contributed by atoms with Crippen molar-refractivity contribution in [2.75, 3.05) is 13.7 Å². The van der Waals surface area contributed by atoms with Gasteiger partial charge >= 0.3 is 11.9 Å². The Hall–Kier alpha value is -2.42. The van der Waals surface area contributed by atoms with Crippen LogP contribution in [0.3, 0.4) is 0 Å². The molecule has 1 saturated heterocycles. The van der Waals surface area contributed by atoms with E-state index in [9.17, 15) is 19.5 Å². The van der Waals surface area contributed by atoms with Gasteiger partial charge in [-0.05, 0) is 19.8 Å². The molecule has 3 atom stereocenters. The third-order valence-corrected chi connectivity index (χ3v) is 4.10. The summed E-state index contributed by atoms with van der Waals surface area (Å²) in [6.07, 6.45) is 4.52. The van der Waals surface area contributed by atoms with Crippen molar-refractivity contribution in [2.45, 2.75) is 44.3 Å². The predicted octanol–water partition coefficient (Wildman–Crippen LogP) is -0.452. The number of carboxylic acid groups (broad SMARTS) is 1. The summed E-state index contributed by atoms with van der Waals surface area (Å²) in [7, 11) is 1.27. The SMILES string of the molecule is COC(=O)C(Cc1c[nH]cn1)NC(C)C(=O)N1CCC[C@H]1C(=O)O. The van der Waals surface area contributed by atoms with E-state index in [0.29, 0.717) is 25.1 Å². The summed E-state index contributed by atoms with van der Waals surface area (Å²) in [6.45, 7) is 2.02. The van der Waals surface area contributed by atoms with Crippen LogP contribution in [0.15, 0.2) is 12.5 Å². The van der Waals surface area contributed by atoms with Gasteiger partial charge in [0.2, 0.25) is 5.91 Å². The molecule has 1 aliphatic rings. The van der Waals surface area contributed by atoms with Crippen LogP contribution < -0.4 is 5.32 Å². The number of carboxylic acids is 1. The molecule has 1 aliphatic heterocycles. The quantitative estimate of drug-likeness (QED) is 0.575. The van der Waals surface area contributed by atoms with E-state index in [1.54, 1.807) is 13.1 Å². The number of ether oxygens (including phenoxy) is 1. The molecule has 3 N–H and O–H groups in total. The number of methoxy groups -OCH3 is 1. The number of imidazole rings is 1. The van der Waals surface area contributed by atoms with Gasteiger partial charge in [-0.1, -0.05) is 0 Å². The van der Waals surface area contributed by atoms with Crippen LogP contribution in [0, 0.1) is 0 Å². The molecule has 2 unspecified atom stereocenters. The van der Waals surface area contributed by atoms with E-state index in [0.717, 1.165) is 0 Å². The van der Waals surface area contributed by atoms with E-state index < -0.39 is 30.1 Å². The lowest BCUT2D eigenvalue weighted by Gasteiger charge is -2.27. The molecule has 0 aromatic carbocycles. The van der Waals surface area contributed by atoms with Gasteiger partial charge in [0.05, 0.1) is 25.2 Å². The molecule has 1 aromatic rings. The van der Waals surface area contributed by atoms with Crippen LogP contribution in [0.4, 0.5) is 0 Å². The molecule has 0 bridgehead atoms. The lowest BCUT2D eigenvalue weighted by Crippen LogP contribution is -2.53. The van der Waals surface area contributed by atoms with E-state index in [2.05, 4.69) is 15.3 Å². The van der Waals surface area contributed by atoms with Crippen LogP contribution >= 0.6 is 0 Å². The van der Waals surface area contributed by atoms with Crippen molar-refractivity contribution in [1.82, 2.24) is 20.2 Å². The number of likely N-dealkylation sites (tertiary alicyclic amines) is 1. The second-order valence-electron chi connectivity index (χ2n) is 5.76. The second-order valence-corrected chi connectivity index (χ2v) is 5.76. The fourth-order valence-corrected chi connectivity index (χ4v) is 2.87. The molecule has 1 aromatic heterocycles. The summed E-state index contributed by atoms with van der Waals surface area (Å²) in [4.78, 5) is 43.9. The van der Waals surface area contributed by atoms with Gasteiger partial charge in [0, 0.05) is 19.2 Å². The molecule has 0 radical (unpaired) electrons. The third kappa shape index (κ3) is 4.10. The maximum absolute atomic E-state index is 12.5. The molecular formula is C15H22N4O5. The topological polar surface area (TPSA) is 125 Å². The number of aliphatic carboxylic acids is 1. The minimum absolute atomic E-state index is 0.260. The van der Waals surface area contributed by atoms with E-state index >= 15 is 0 Å². The Kier molecular flexibility index (Phi) is 5.91. The van der Waals surface area contributed by atoms with Crippen LogP contribution in [0.5, 0.6) is 0 Å². The molecule has 0 spiro atoms. The number of aromatic nitrogens is 2. The number of amides is 1. The molecule has 2 heterocycles. The predicted molar refractivity (Wildman–Crippen MR) is 83.1 cm³/mol. The maximum Gasteiger partial charge on any atom is 0.326 e. The molecule has 2 rings (SSSR count). The standard InChI is InChI=1S/C15H22N4O5/c1-9(13(20)19-5-3-4-12(19)14(21)22)18-11(15(23)24-2)6-10-7-16-8-17-10/h7-9,11-12,18H,3-6H2,1-2H3,(H,16,17)(H,21,22)/t9?,11?,12-/m0/s1. The third-order valence-electron chi connectivity index (χ3n) is 4.10. The smallest absolute Gasteiger partial charge is 0.326 e. The summed E-state index contributed by atoms with van der Waals surface area (Å²) < 4.78 is 4.77. The Labute approximate surface area is 139 Å². The Morgan fingerprint density at radius 1 is 1.54 bits per heavy atom. The lowest BCUT2D eigenvalue weighted by atomic mass is 10.1. The van der Waals surface area contributed by atoms with Crippen molar-refractivity contribution >= 4 is 17.8 Å². The number of carbonyl (C=O) groups excluding carboxylic acids is 2. The Bertz CT molecular complexity index is 589. The number of H-pyrrole nitrogens is 1.